The standard InChI is InChI=1S/C16H25N3O3S2/c1-19(13-9-11-3-4-12(10-13)18-11)16(20)15-6-5-14(23-15)7-8-17-24(2,21)22/h5-6,11-13,17-18H,3-4,7-10H2,1-2H3. The van der Waals surface area contributed by atoms with Gasteiger partial charge in [-0.2, -0.15) is 0 Å². The molecule has 0 saturated carbocycles. The topological polar surface area (TPSA) is 78.5 Å². The van der Waals surface area contributed by atoms with Crippen LogP contribution in [0.5, 0.6) is 0 Å². The van der Waals surface area contributed by atoms with Gasteiger partial charge in [-0.1, -0.05) is 0 Å². The highest BCUT2D eigenvalue weighted by Gasteiger charge is 2.36. The van der Waals surface area contributed by atoms with Gasteiger partial charge in [0.2, 0.25) is 10.0 Å². The summed E-state index contributed by atoms with van der Waals surface area (Å²) in [7, 11) is -1.26. The van der Waals surface area contributed by atoms with E-state index in [2.05, 4.69) is 10.0 Å². The molecule has 2 atom stereocenters. The third-order valence-electron chi connectivity index (χ3n) is 4.92. The minimum atomic E-state index is -3.16. The predicted molar refractivity (Wildman–Crippen MR) is 95.9 cm³/mol. The maximum absolute atomic E-state index is 12.7. The Bertz CT molecular complexity index is 689. The lowest BCUT2D eigenvalue weighted by Gasteiger charge is -2.35. The number of nitrogens with zero attached hydrogens (tertiary/aromatic N) is 1. The van der Waals surface area contributed by atoms with Gasteiger partial charge in [0.15, 0.2) is 0 Å². The first-order valence-corrected chi connectivity index (χ1v) is 11.1. The number of nitrogens with one attached hydrogen (secondary N) is 2. The van der Waals surface area contributed by atoms with E-state index >= 15 is 0 Å². The minimum Gasteiger partial charge on any atom is -0.338 e. The fourth-order valence-electron chi connectivity index (χ4n) is 3.67. The zero-order valence-corrected chi connectivity index (χ0v) is 15.8. The molecule has 6 nitrogen and oxygen atoms in total. The fraction of sp³-hybridized carbons (Fsp3) is 0.688. The van der Waals surface area contributed by atoms with Crippen molar-refractivity contribution in [3.05, 3.63) is 21.9 Å². The molecule has 8 heteroatoms. The molecule has 2 saturated heterocycles. The molecule has 3 heterocycles. The first-order valence-electron chi connectivity index (χ1n) is 8.38. The van der Waals surface area contributed by atoms with Gasteiger partial charge in [0.25, 0.3) is 5.91 Å². The molecule has 2 unspecified atom stereocenters. The number of carbonyl (C=O) groups excluding carboxylic acids is 1. The molecule has 0 aromatic carbocycles. The lowest BCUT2D eigenvalue weighted by molar-refractivity contribution is 0.0686. The molecule has 1 aromatic heterocycles. The van der Waals surface area contributed by atoms with E-state index < -0.39 is 10.0 Å². The zero-order chi connectivity index (χ0) is 17.3. The Morgan fingerprint density at radius 1 is 1.33 bits per heavy atom. The average molecular weight is 372 g/mol. The number of fused-ring (bicyclic) bond motifs is 2. The van der Waals surface area contributed by atoms with Crippen molar-refractivity contribution in [3.8, 4) is 0 Å². The number of rotatable bonds is 6. The van der Waals surface area contributed by atoms with Crippen LogP contribution >= 0.6 is 11.3 Å². The molecular weight excluding hydrogens is 346 g/mol. The third-order valence-corrected chi connectivity index (χ3v) is 6.79. The Labute approximate surface area is 147 Å². The highest BCUT2D eigenvalue weighted by molar-refractivity contribution is 7.88. The summed E-state index contributed by atoms with van der Waals surface area (Å²) in [6.07, 6.45) is 6.27. The van der Waals surface area contributed by atoms with E-state index in [1.54, 1.807) is 0 Å². The van der Waals surface area contributed by atoms with Crippen LogP contribution in [0.1, 0.15) is 40.2 Å². The predicted octanol–water partition coefficient (Wildman–Crippen LogP) is 1.19. The number of sulfonamides is 1. The first-order chi connectivity index (χ1) is 11.3. The highest BCUT2D eigenvalue weighted by atomic mass is 32.2. The molecule has 2 bridgehead atoms. The second kappa shape index (κ2) is 7.11. The Kier molecular flexibility index (Phi) is 5.29. The van der Waals surface area contributed by atoms with Crippen LogP contribution in [-0.4, -0.2) is 57.2 Å². The van der Waals surface area contributed by atoms with E-state index in [1.807, 2.05) is 24.1 Å². The van der Waals surface area contributed by atoms with E-state index in [0.29, 0.717) is 31.1 Å². The summed E-state index contributed by atoms with van der Waals surface area (Å²) in [6, 6.07) is 5.21. The number of piperidine rings is 1. The molecular formula is C16H25N3O3S2. The number of thiophene rings is 1. The normalized spacial score (nSPS) is 26.5. The largest absolute Gasteiger partial charge is 0.338 e. The quantitative estimate of drug-likeness (QED) is 0.787. The van der Waals surface area contributed by atoms with Crippen molar-refractivity contribution < 1.29 is 13.2 Å². The maximum atomic E-state index is 12.7. The second-order valence-corrected chi connectivity index (χ2v) is 9.86. The number of hydrogen-bond acceptors (Lipinski definition) is 5. The highest BCUT2D eigenvalue weighted by Crippen LogP contribution is 2.30. The summed E-state index contributed by atoms with van der Waals surface area (Å²) in [4.78, 5) is 16.4. The summed E-state index contributed by atoms with van der Waals surface area (Å²) >= 11 is 1.46. The summed E-state index contributed by atoms with van der Waals surface area (Å²) in [5, 5.41) is 3.60. The van der Waals surface area contributed by atoms with Gasteiger partial charge in [0, 0.05) is 36.6 Å². The van der Waals surface area contributed by atoms with E-state index in [1.165, 1.54) is 24.2 Å². The molecule has 2 aliphatic heterocycles. The fourth-order valence-corrected chi connectivity index (χ4v) is 5.13. The smallest absolute Gasteiger partial charge is 0.263 e. The third kappa shape index (κ3) is 4.36. The van der Waals surface area contributed by atoms with E-state index in [0.717, 1.165) is 28.9 Å². The van der Waals surface area contributed by atoms with Crippen LogP contribution in [0.3, 0.4) is 0 Å². The molecule has 2 aliphatic rings. The van der Waals surface area contributed by atoms with Crippen molar-refractivity contribution in [1.82, 2.24) is 14.9 Å². The lowest BCUT2D eigenvalue weighted by Crippen LogP contribution is -2.48. The summed E-state index contributed by atoms with van der Waals surface area (Å²) in [5.41, 5.74) is 0. The van der Waals surface area contributed by atoms with Crippen LogP contribution in [0.25, 0.3) is 0 Å². The zero-order valence-electron chi connectivity index (χ0n) is 14.1. The van der Waals surface area contributed by atoms with Crippen LogP contribution in [0, 0.1) is 0 Å². The summed E-state index contributed by atoms with van der Waals surface area (Å²) in [6.45, 7) is 0.362. The van der Waals surface area contributed by atoms with Crippen LogP contribution in [0.4, 0.5) is 0 Å². The molecule has 0 spiro atoms. The van der Waals surface area contributed by atoms with Gasteiger partial charge in [-0.25, -0.2) is 13.1 Å². The van der Waals surface area contributed by atoms with Crippen LogP contribution in [0.2, 0.25) is 0 Å². The van der Waals surface area contributed by atoms with Gasteiger partial charge in [0.05, 0.1) is 11.1 Å². The van der Waals surface area contributed by atoms with Gasteiger partial charge in [-0.15, -0.1) is 11.3 Å². The Balaban J connectivity index is 1.57. The van der Waals surface area contributed by atoms with Gasteiger partial charge >= 0.3 is 0 Å². The van der Waals surface area contributed by atoms with Gasteiger partial charge < -0.3 is 10.2 Å². The first kappa shape index (κ1) is 17.8. The van der Waals surface area contributed by atoms with Crippen LogP contribution in [0.15, 0.2) is 12.1 Å². The van der Waals surface area contributed by atoms with Crippen molar-refractivity contribution in [2.24, 2.45) is 0 Å². The average Bonchev–Trinajstić information content (AvgIpc) is 3.11. The Hall–Kier alpha value is -0.960. The van der Waals surface area contributed by atoms with Crippen molar-refractivity contribution in [1.29, 1.82) is 0 Å². The lowest BCUT2D eigenvalue weighted by atomic mass is 9.98. The molecule has 2 N–H and O–H groups in total. The molecule has 2 fully saturated rings. The monoisotopic (exact) mass is 371 g/mol. The summed E-state index contributed by atoms with van der Waals surface area (Å²) < 4.78 is 24.6. The van der Waals surface area contributed by atoms with Crippen molar-refractivity contribution in [3.63, 3.8) is 0 Å². The molecule has 134 valence electrons. The van der Waals surface area contributed by atoms with E-state index in [4.69, 9.17) is 0 Å². The number of hydrogen-bond donors (Lipinski definition) is 2. The van der Waals surface area contributed by atoms with Gasteiger partial charge in [-0.3, -0.25) is 4.79 Å². The Morgan fingerprint density at radius 3 is 2.62 bits per heavy atom. The molecule has 0 radical (unpaired) electrons. The van der Waals surface area contributed by atoms with Crippen molar-refractivity contribution in [2.45, 2.75) is 50.2 Å². The Morgan fingerprint density at radius 2 is 2.00 bits per heavy atom. The van der Waals surface area contributed by atoms with E-state index in [9.17, 15) is 13.2 Å². The van der Waals surface area contributed by atoms with Crippen molar-refractivity contribution >= 4 is 27.3 Å². The molecule has 0 aliphatic carbocycles. The van der Waals surface area contributed by atoms with Crippen LogP contribution < -0.4 is 10.0 Å². The summed E-state index contributed by atoms with van der Waals surface area (Å²) in [5.74, 6) is 0.0774. The van der Waals surface area contributed by atoms with E-state index in [-0.39, 0.29) is 5.91 Å². The molecule has 1 aromatic rings. The SMILES string of the molecule is CN(C(=O)c1ccc(CCNS(C)(=O)=O)s1)C1CC2CCC(C1)N2. The molecule has 1 amide bonds. The maximum Gasteiger partial charge on any atom is 0.263 e. The minimum absolute atomic E-state index is 0.0774. The second-order valence-electron chi connectivity index (χ2n) is 6.86. The molecule has 3 rings (SSSR count). The van der Waals surface area contributed by atoms with Gasteiger partial charge in [0.1, 0.15) is 0 Å². The van der Waals surface area contributed by atoms with Gasteiger partial charge in [-0.05, 0) is 44.2 Å². The number of amides is 1. The number of carbonyl (C=O) groups is 1. The molecule has 24 heavy (non-hydrogen) atoms. The van der Waals surface area contributed by atoms with Crippen LogP contribution in [-0.2, 0) is 16.4 Å². The van der Waals surface area contributed by atoms with Crippen molar-refractivity contribution in [2.75, 3.05) is 19.8 Å².